The van der Waals surface area contributed by atoms with Crippen molar-refractivity contribution in [2.24, 2.45) is 33.8 Å². The molecule has 1 heterocycles. The molecule has 0 saturated carbocycles. The van der Waals surface area contributed by atoms with Crippen LogP contribution in [0.5, 0.6) is 0 Å². The van der Waals surface area contributed by atoms with Crippen LogP contribution in [0.1, 0.15) is 56.9 Å². The van der Waals surface area contributed by atoms with Crippen molar-refractivity contribution in [3.63, 3.8) is 0 Å². The second kappa shape index (κ2) is 15.7. The first kappa shape index (κ1) is 31.5. The van der Waals surface area contributed by atoms with E-state index in [1.54, 1.807) is 4.90 Å². The summed E-state index contributed by atoms with van der Waals surface area (Å²) in [5.74, 6) is -2.05. The summed E-state index contributed by atoms with van der Waals surface area (Å²) in [6, 6.07) is 12.3. The Balaban J connectivity index is 1.67. The summed E-state index contributed by atoms with van der Waals surface area (Å²) >= 11 is 0. The molecule has 11 nitrogen and oxygen atoms in total. The molecular formula is C30H43N7O4. The summed E-state index contributed by atoms with van der Waals surface area (Å²) in [5, 5.41) is 4.80. The van der Waals surface area contributed by atoms with Crippen molar-refractivity contribution in [3.05, 3.63) is 48.0 Å². The Labute approximate surface area is 241 Å². The third-order valence-corrected chi connectivity index (χ3v) is 7.60. The number of unbranched alkanes of at least 4 members (excludes halogenated alkanes) is 1. The van der Waals surface area contributed by atoms with Crippen molar-refractivity contribution in [3.8, 4) is 0 Å². The van der Waals surface area contributed by atoms with E-state index in [2.05, 4.69) is 10.3 Å². The number of carbonyl (C=O) groups is 4. The summed E-state index contributed by atoms with van der Waals surface area (Å²) in [4.78, 5) is 57.8. The van der Waals surface area contributed by atoms with Gasteiger partial charge in [-0.05, 0) is 61.4 Å². The number of carbonyl (C=O) groups excluding carboxylic acids is 4. The van der Waals surface area contributed by atoms with Gasteiger partial charge in [0.15, 0.2) is 11.7 Å². The number of hydrogen-bond donors (Lipinski definition) is 5. The molecule has 9 N–H and O–H groups in total. The van der Waals surface area contributed by atoms with Crippen molar-refractivity contribution in [1.82, 2.24) is 10.2 Å². The molecule has 41 heavy (non-hydrogen) atoms. The molecule has 2 aromatic rings. The van der Waals surface area contributed by atoms with Crippen LogP contribution < -0.4 is 28.3 Å². The number of likely N-dealkylation sites (tertiary alicyclic amines) is 1. The zero-order chi connectivity index (χ0) is 29.8. The minimum absolute atomic E-state index is 0.0292. The van der Waals surface area contributed by atoms with E-state index in [4.69, 9.17) is 22.9 Å². The van der Waals surface area contributed by atoms with Crippen LogP contribution >= 0.6 is 0 Å². The van der Waals surface area contributed by atoms with E-state index in [9.17, 15) is 19.2 Å². The van der Waals surface area contributed by atoms with Gasteiger partial charge in [-0.25, -0.2) is 0 Å². The fourth-order valence-corrected chi connectivity index (χ4v) is 5.43. The SMILES string of the molecule is NCCCC[C@H](CC(=O)[C@@H]1CCCN1C(=O)Cc1cccc2ccccc12)C(=O)N[C@@H](CCCN=C(N)N)C(N)=O. The van der Waals surface area contributed by atoms with Gasteiger partial charge in [-0.2, -0.15) is 0 Å². The number of guanidine groups is 1. The summed E-state index contributed by atoms with van der Waals surface area (Å²) in [6.45, 7) is 1.27. The second-order valence-corrected chi connectivity index (χ2v) is 10.6. The van der Waals surface area contributed by atoms with Crippen molar-refractivity contribution in [1.29, 1.82) is 0 Å². The monoisotopic (exact) mass is 565 g/mol. The lowest BCUT2D eigenvalue weighted by Gasteiger charge is -2.26. The highest BCUT2D eigenvalue weighted by Gasteiger charge is 2.36. The van der Waals surface area contributed by atoms with Crippen LogP contribution in [0.2, 0.25) is 0 Å². The highest BCUT2D eigenvalue weighted by molar-refractivity contribution is 5.95. The molecule has 1 aliphatic rings. The standard InChI is InChI=1S/C30H43N7O4/c31-15-4-3-9-22(29(41)36-24(28(32)40)13-6-16-35-30(33)34)18-26(38)25-14-7-17-37(25)27(39)19-21-11-5-10-20-8-1-2-12-23(20)21/h1-2,5,8,10-12,22,24-25H,3-4,6-7,9,13-19,31H2,(H2,32,40)(H,36,41)(H4,33,34,35)/t22-,24+,25+/m1/s1. The fraction of sp³-hybridized carbons (Fsp3) is 0.500. The van der Waals surface area contributed by atoms with E-state index in [0.717, 1.165) is 22.8 Å². The van der Waals surface area contributed by atoms with Crippen LogP contribution in [0, 0.1) is 5.92 Å². The first-order chi connectivity index (χ1) is 19.7. The number of nitrogens with two attached hydrogens (primary N) is 4. The van der Waals surface area contributed by atoms with Gasteiger partial charge < -0.3 is 33.2 Å². The average Bonchev–Trinajstić information content (AvgIpc) is 3.44. The van der Waals surface area contributed by atoms with Crippen LogP contribution in [0.15, 0.2) is 47.5 Å². The number of Topliss-reactive ketones (excluding diaryl/α,β-unsaturated/α-hetero) is 1. The Morgan fingerprint density at radius 3 is 2.46 bits per heavy atom. The molecule has 0 bridgehead atoms. The lowest BCUT2D eigenvalue weighted by Crippen LogP contribution is -2.48. The molecule has 3 amide bonds. The molecule has 0 radical (unpaired) electrons. The number of rotatable bonds is 16. The maximum absolute atomic E-state index is 13.5. The van der Waals surface area contributed by atoms with Crippen molar-refractivity contribution in [2.75, 3.05) is 19.6 Å². The highest BCUT2D eigenvalue weighted by Crippen LogP contribution is 2.26. The maximum atomic E-state index is 13.5. The predicted molar refractivity (Wildman–Crippen MR) is 159 cm³/mol. The van der Waals surface area contributed by atoms with E-state index in [1.807, 2.05) is 42.5 Å². The molecule has 1 saturated heterocycles. The molecule has 0 aromatic heterocycles. The molecule has 0 aliphatic carbocycles. The van der Waals surface area contributed by atoms with E-state index < -0.39 is 29.8 Å². The van der Waals surface area contributed by atoms with Gasteiger partial charge in [-0.3, -0.25) is 24.2 Å². The Morgan fingerprint density at radius 1 is 0.976 bits per heavy atom. The molecule has 1 fully saturated rings. The fourth-order valence-electron chi connectivity index (χ4n) is 5.43. The van der Waals surface area contributed by atoms with Crippen LogP contribution in [-0.4, -0.2) is 66.1 Å². The summed E-state index contributed by atoms with van der Waals surface area (Å²) in [7, 11) is 0. The van der Waals surface area contributed by atoms with Gasteiger partial charge in [0.2, 0.25) is 17.7 Å². The number of aliphatic imine (C=N–C) groups is 1. The van der Waals surface area contributed by atoms with E-state index in [-0.39, 0.29) is 36.9 Å². The number of ketones is 1. The molecular weight excluding hydrogens is 522 g/mol. The zero-order valence-corrected chi connectivity index (χ0v) is 23.6. The first-order valence-corrected chi connectivity index (χ1v) is 14.3. The molecule has 3 atom stereocenters. The first-order valence-electron chi connectivity index (χ1n) is 14.3. The van der Waals surface area contributed by atoms with Crippen molar-refractivity contribution < 1.29 is 19.2 Å². The quantitative estimate of drug-likeness (QED) is 0.114. The summed E-state index contributed by atoms with van der Waals surface area (Å²) in [5.41, 5.74) is 22.8. The third-order valence-electron chi connectivity index (χ3n) is 7.60. The van der Waals surface area contributed by atoms with Crippen molar-refractivity contribution >= 4 is 40.2 Å². The van der Waals surface area contributed by atoms with Gasteiger partial charge in [0, 0.05) is 25.4 Å². The number of primary amides is 1. The van der Waals surface area contributed by atoms with Gasteiger partial charge in [-0.1, -0.05) is 48.9 Å². The van der Waals surface area contributed by atoms with Gasteiger partial charge in [-0.15, -0.1) is 0 Å². The van der Waals surface area contributed by atoms with E-state index >= 15 is 0 Å². The zero-order valence-electron chi connectivity index (χ0n) is 23.6. The highest BCUT2D eigenvalue weighted by atomic mass is 16.2. The number of amides is 3. The van der Waals surface area contributed by atoms with Crippen LogP contribution in [0.4, 0.5) is 0 Å². The average molecular weight is 566 g/mol. The van der Waals surface area contributed by atoms with Crippen LogP contribution in [0.3, 0.4) is 0 Å². The number of fused-ring (bicyclic) bond motifs is 1. The molecule has 0 spiro atoms. The Morgan fingerprint density at radius 2 is 1.73 bits per heavy atom. The number of nitrogens with zero attached hydrogens (tertiary/aromatic N) is 2. The smallest absolute Gasteiger partial charge is 0.240 e. The van der Waals surface area contributed by atoms with Gasteiger partial charge in [0.25, 0.3) is 0 Å². The number of nitrogens with one attached hydrogen (secondary N) is 1. The Hall–Kier alpha value is -3.99. The largest absolute Gasteiger partial charge is 0.370 e. The minimum Gasteiger partial charge on any atom is -0.370 e. The number of benzene rings is 2. The van der Waals surface area contributed by atoms with E-state index in [0.29, 0.717) is 51.7 Å². The lowest BCUT2D eigenvalue weighted by molar-refractivity contribution is -0.138. The molecule has 1 aliphatic heterocycles. The van der Waals surface area contributed by atoms with E-state index in [1.165, 1.54) is 0 Å². The summed E-state index contributed by atoms with van der Waals surface area (Å²) in [6.07, 6.45) is 3.96. The Kier molecular flexibility index (Phi) is 12.1. The minimum atomic E-state index is -0.908. The molecule has 222 valence electrons. The predicted octanol–water partition coefficient (Wildman–Crippen LogP) is 1.10. The maximum Gasteiger partial charge on any atom is 0.240 e. The van der Waals surface area contributed by atoms with Crippen molar-refractivity contribution in [2.45, 2.75) is 69.9 Å². The van der Waals surface area contributed by atoms with Gasteiger partial charge >= 0.3 is 0 Å². The normalized spacial score (nSPS) is 16.2. The number of hydrogen-bond acceptors (Lipinski definition) is 6. The molecule has 11 heteroatoms. The topological polar surface area (TPSA) is 200 Å². The second-order valence-electron chi connectivity index (χ2n) is 10.6. The van der Waals surface area contributed by atoms with Gasteiger partial charge in [0.1, 0.15) is 6.04 Å². The van der Waals surface area contributed by atoms with Crippen LogP contribution in [0.25, 0.3) is 10.8 Å². The van der Waals surface area contributed by atoms with Gasteiger partial charge in [0.05, 0.1) is 12.5 Å². The summed E-state index contributed by atoms with van der Waals surface area (Å²) < 4.78 is 0. The lowest BCUT2D eigenvalue weighted by atomic mass is 9.91. The Bertz CT molecular complexity index is 1240. The van der Waals surface area contributed by atoms with Crippen LogP contribution in [-0.2, 0) is 25.6 Å². The molecule has 2 aromatic carbocycles. The third kappa shape index (κ3) is 9.28. The molecule has 0 unspecified atom stereocenters. The molecule has 3 rings (SSSR count).